The zero-order valence-corrected chi connectivity index (χ0v) is 9.06. The van der Waals surface area contributed by atoms with E-state index in [1.165, 1.54) is 0 Å². The smallest absolute Gasteiger partial charge is 0.380 e. The van der Waals surface area contributed by atoms with Gasteiger partial charge in [0.1, 0.15) is 0 Å². The van der Waals surface area contributed by atoms with Crippen LogP contribution in [0.5, 0.6) is 0 Å². The fourth-order valence-electron chi connectivity index (χ4n) is 2.43. The van der Waals surface area contributed by atoms with Gasteiger partial charge < -0.3 is 5.11 Å². The lowest BCUT2D eigenvalue weighted by molar-refractivity contribution is -0.287. The second-order valence-electron chi connectivity index (χ2n) is 4.71. The molecule has 1 aliphatic carbocycles. The predicted octanol–water partition coefficient (Wildman–Crippen LogP) is 3.29. The van der Waals surface area contributed by atoms with Crippen LogP contribution < -0.4 is 0 Å². The second-order valence-corrected chi connectivity index (χ2v) is 4.71. The van der Waals surface area contributed by atoms with Crippen molar-refractivity contribution in [2.45, 2.75) is 44.9 Å². The monoisotopic (exact) mass is 222 g/mol. The Morgan fingerprint density at radius 1 is 1.40 bits per heavy atom. The van der Waals surface area contributed by atoms with Crippen molar-refractivity contribution in [2.75, 3.05) is 0 Å². The van der Waals surface area contributed by atoms with Crippen LogP contribution in [0.2, 0.25) is 0 Å². The highest BCUT2D eigenvalue weighted by Gasteiger charge is 2.59. The van der Waals surface area contributed by atoms with Gasteiger partial charge in [-0.25, -0.2) is 0 Å². The quantitative estimate of drug-likeness (QED) is 0.675. The van der Waals surface area contributed by atoms with E-state index in [0.29, 0.717) is 12.0 Å². The van der Waals surface area contributed by atoms with E-state index in [4.69, 9.17) is 0 Å². The maximum Gasteiger partial charge on any atom is 0.417 e. The molecule has 1 aliphatic rings. The molecule has 1 nitrogen and oxygen atoms in total. The minimum atomic E-state index is -4.56. The molecule has 0 spiro atoms. The summed E-state index contributed by atoms with van der Waals surface area (Å²) >= 11 is 0. The molecule has 0 aliphatic heterocycles. The van der Waals surface area contributed by atoms with Gasteiger partial charge in [0.05, 0.1) is 0 Å². The van der Waals surface area contributed by atoms with Crippen molar-refractivity contribution in [2.24, 2.45) is 11.8 Å². The first-order chi connectivity index (χ1) is 6.68. The lowest BCUT2D eigenvalue weighted by Crippen LogP contribution is -2.54. The van der Waals surface area contributed by atoms with E-state index in [0.717, 1.165) is 6.42 Å². The van der Waals surface area contributed by atoms with Crippen molar-refractivity contribution in [1.82, 2.24) is 0 Å². The normalized spacial score (nSPS) is 37.7. The van der Waals surface area contributed by atoms with Crippen LogP contribution in [-0.4, -0.2) is 16.9 Å². The molecule has 1 rings (SSSR count). The minimum Gasteiger partial charge on any atom is -0.380 e. The molecule has 1 N–H and O–H groups in total. The third kappa shape index (κ3) is 2.19. The number of hydrogen-bond acceptors (Lipinski definition) is 1. The molecule has 1 saturated carbocycles. The topological polar surface area (TPSA) is 20.2 Å². The molecule has 15 heavy (non-hydrogen) atoms. The van der Waals surface area contributed by atoms with E-state index in [2.05, 4.69) is 6.58 Å². The van der Waals surface area contributed by atoms with Gasteiger partial charge in [-0.05, 0) is 32.1 Å². The highest BCUT2D eigenvalue weighted by atomic mass is 19.4. The Labute approximate surface area is 88.0 Å². The Morgan fingerprint density at radius 2 is 1.93 bits per heavy atom. The highest BCUT2D eigenvalue weighted by Crippen LogP contribution is 2.49. The summed E-state index contributed by atoms with van der Waals surface area (Å²) in [5, 5.41) is 9.82. The first-order valence-corrected chi connectivity index (χ1v) is 5.13. The molecule has 0 aromatic carbocycles. The maximum atomic E-state index is 12.8. The molecule has 3 atom stereocenters. The third-order valence-corrected chi connectivity index (χ3v) is 3.27. The molecule has 1 unspecified atom stereocenters. The summed E-state index contributed by atoms with van der Waals surface area (Å²) in [7, 11) is 0. The fourth-order valence-corrected chi connectivity index (χ4v) is 2.43. The zero-order chi connectivity index (χ0) is 11.9. The van der Waals surface area contributed by atoms with Gasteiger partial charge >= 0.3 is 6.18 Å². The van der Waals surface area contributed by atoms with Gasteiger partial charge in [-0.3, -0.25) is 0 Å². The van der Waals surface area contributed by atoms with Gasteiger partial charge in [0, 0.05) is 5.92 Å². The fraction of sp³-hybridized carbons (Fsp3) is 0.818. The van der Waals surface area contributed by atoms with E-state index in [-0.39, 0.29) is 12.3 Å². The van der Waals surface area contributed by atoms with Crippen molar-refractivity contribution in [3.05, 3.63) is 12.2 Å². The van der Waals surface area contributed by atoms with Crippen LogP contribution in [0.3, 0.4) is 0 Å². The molecule has 0 aromatic heterocycles. The van der Waals surface area contributed by atoms with Gasteiger partial charge in [0.2, 0.25) is 0 Å². The molecule has 0 aromatic rings. The van der Waals surface area contributed by atoms with E-state index >= 15 is 0 Å². The summed E-state index contributed by atoms with van der Waals surface area (Å²) in [5.41, 5.74) is -2.15. The average molecular weight is 222 g/mol. The Hall–Kier alpha value is -0.510. The Balaban J connectivity index is 3.02. The zero-order valence-electron chi connectivity index (χ0n) is 9.06. The molecule has 88 valence electrons. The molecule has 4 heteroatoms. The highest BCUT2D eigenvalue weighted by molar-refractivity contribution is 5.11. The molecule has 0 heterocycles. The summed E-state index contributed by atoms with van der Waals surface area (Å²) in [6, 6.07) is 0. The van der Waals surface area contributed by atoms with Crippen LogP contribution in [0.1, 0.15) is 33.1 Å². The minimum absolute atomic E-state index is 0.0905. The molecular weight excluding hydrogens is 205 g/mol. The van der Waals surface area contributed by atoms with Crippen LogP contribution in [0.4, 0.5) is 13.2 Å². The van der Waals surface area contributed by atoms with Gasteiger partial charge in [-0.15, -0.1) is 0 Å². The van der Waals surface area contributed by atoms with E-state index in [1.807, 2.05) is 0 Å². The molecular formula is C11H17F3O. The lowest BCUT2D eigenvalue weighted by atomic mass is 9.68. The van der Waals surface area contributed by atoms with Crippen LogP contribution in [0.25, 0.3) is 0 Å². The maximum absolute atomic E-state index is 12.8. The molecule has 0 bridgehead atoms. The van der Waals surface area contributed by atoms with E-state index in [9.17, 15) is 18.3 Å². The van der Waals surface area contributed by atoms with Gasteiger partial charge in [-0.2, -0.15) is 13.2 Å². The van der Waals surface area contributed by atoms with Crippen LogP contribution in [0.15, 0.2) is 12.2 Å². The SMILES string of the molecule is C=C(C)[C@H]1CC[C@H](C)CC1(O)C(F)(F)F. The average Bonchev–Trinajstić information content (AvgIpc) is 2.00. The van der Waals surface area contributed by atoms with Crippen molar-refractivity contribution >= 4 is 0 Å². The largest absolute Gasteiger partial charge is 0.417 e. The molecule has 0 amide bonds. The number of rotatable bonds is 1. The van der Waals surface area contributed by atoms with E-state index in [1.54, 1.807) is 13.8 Å². The molecule has 0 radical (unpaired) electrons. The van der Waals surface area contributed by atoms with Gasteiger partial charge in [0.25, 0.3) is 0 Å². The molecule has 0 saturated heterocycles. The number of aliphatic hydroxyl groups is 1. The number of alkyl halides is 3. The summed E-state index contributed by atoms with van der Waals surface area (Å²) < 4.78 is 38.5. The number of hydrogen-bond donors (Lipinski definition) is 1. The van der Waals surface area contributed by atoms with Crippen molar-refractivity contribution in [3.63, 3.8) is 0 Å². The van der Waals surface area contributed by atoms with Crippen molar-refractivity contribution < 1.29 is 18.3 Å². The Morgan fingerprint density at radius 3 is 2.33 bits per heavy atom. The summed E-state index contributed by atoms with van der Waals surface area (Å²) in [4.78, 5) is 0. The van der Waals surface area contributed by atoms with Gasteiger partial charge in [-0.1, -0.05) is 19.1 Å². The van der Waals surface area contributed by atoms with Crippen molar-refractivity contribution in [1.29, 1.82) is 0 Å². The lowest BCUT2D eigenvalue weighted by Gasteiger charge is -2.43. The standard InChI is InChI=1S/C11H17F3O/c1-7(2)9-5-4-8(3)6-10(9,15)11(12,13)14/h8-9,15H,1,4-6H2,2-3H3/t8-,9+,10?/m0/s1. The molecule has 1 fully saturated rings. The summed E-state index contributed by atoms with van der Waals surface area (Å²) in [6.45, 7) is 6.85. The van der Waals surface area contributed by atoms with Crippen LogP contribution in [-0.2, 0) is 0 Å². The predicted molar refractivity (Wildman–Crippen MR) is 52.3 cm³/mol. The number of halogens is 3. The Kier molecular flexibility index (Phi) is 3.19. The van der Waals surface area contributed by atoms with Crippen molar-refractivity contribution in [3.8, 4) is 0 Å². The summed E-state index contributed by atoms with van der Waals surface area (Å²) in [5.74, 6) is -0.944. The first kappa shape index (κ1) is 12.6. The Bertz CT molecular complexity index is 259. The van der Waals surface area contributed by atoms with E-state index < -0.39 is 17.7 Å². The third-order valence-electron chi connectivity index (χ3n) is 3.27. The van der Waals surface area contributed by atoms with Crippen LogP contribution in [0, 0.1) is 11.8 Å². The van der Waals surface area contributed by atoms with Gasteiger partial charge in [0.15, 0.2) is 5.60 Å². The summed E-state index contributed by atoms with van der Waals surface area (Å²) in [6.07, 6.45) is -3.69. The second kappa shape index (κ2) is 3.81. The first-order valence-electron chi connectivity index (χ1n) is 5.13. The van der Waals surface area contributed by atoms with Crippen LogP contribution >= 0.6 is 0 Å².